The zero-order chi connectivity index (χ0) is 18.8. The monoisotopic (exact) mass is 347 g/mol. The van der Waals surface area contributed by atoms with Crippen molar-refractivity contribution in [3.05, 3.63) is 0 Å². The van der Waals surface area contributed by atoms with Crippen molar-refractivity contribution < 1.29 is 24.6 Å². The topological polar surface area (TPSA) is 156 Å². The third-order valence-corrected chi connectivity index (χ3v) is 3.23. The maximum atomic E-state index is 11.0. The highest BCUT2D eigenvalue weighted by Crippen LogP contribution is 2.04. The van der Waals surface area contributed by atoms with E-state index in [9.17, 15) is 14.4 Å². The molecule has 0 unspecified atom stereocenters. The molecule has 0 saturated carbocycles. The molecule has 0 aliphatic carbocycles. The third-order valence-electron chi connectivity index (χ3n) is 3.23. The molecule has 0 aromatic carbocycles. The lowest BCUT2D eigenvalue weighted by Crippen LogP contribution is -2.29. The number of unbranched alkanes of at least 4 members (excludes halogenated alkanes) is 5. The summed E-state index contributed by atoms with van der Waals surface area (Å²) in [6.07, 6.45) is 8.05. The van der Waals surface area contributed by atoms with Crippen LogP contribution >= 0.6 is 0 Å². The van der Waals surface area contributed by atoms with Crippen molar-refractivity contribution in [1.29, 1.82) is 0 Å². The molecule has 1 atom stereocenters. The fraction of sp³-hybridized carbons (Fsp3) is 0.812. The molecule has 7 N–H and O–H groups in total. The number of amides is 1. The number of nitrogens with two attached hydrogens (primary N) is 2. The summed E-state index contributed by atoms with van der Waals surface area (Å²) in [6, 6.07) is -0.716. The third kappa shape index (κ3) is 20.3. The molecule has 0 fully saturated rings. The minimum absolute atomic E-state index is 0.163. The van der Waals surface area contributed by atoms with E-state index >= 15 is 0 Å². The van der Waals surface area contributed by atoms with E-state index in [1.165, 1.54) is 12.8 Å². The highest BCUT2D eigenvalue weighted by Gasteiger charge is 2.09. The molecule has 0 rings (SSSR count). The molecular formula is C16H33N3O5. The molecule has 0 radical (unpaired) electrons. The second-order valence-electron chi connectivity index (χ2n) is 5.56. The van der Waals surface area contributed by atoms with E-state index in [1.807, 2.05) is 0 Å². The molecule has 0 saturated heterocycles. The Labute approximate surface area is 144 Å². The van der Waals surface area contributed by atoms with Gasteiger partial charge in [0, 0.05) is 6.42 Å². The molecule has 142 valence electrons. The van der Waals surface area contributed by atoms with Gasteiger partial charge in [-0.3, -0.25) is 14.4 Å². The normalized spacial score (nSPS) is 11.1. The van der Waals surface area contributed by atoms with E-state index in [0.29, 0.717) is 19.4 Å². The molecule has 0 aromatic heterocycles. The quantitative estimate of drug-likeness (QED) is 0.312. The summed E-state index contributed by atoms with van der Waals surface area (Å²) in [5.41, 5.74) is 10.4. The fourth-order valence-electron chi connectivity index (χ4n) is 1.78. The number of rotatable bonds is 13. The van der Waals surface area contributed by atoms with E-state index in [0.717, 1.165) is 32.1 Å². The van der Waals surface area contributed by atoms with Crippen LogP contribution in [0.1, 0.15) is 64.7 Å². The van der Waals surface area contributed by atoms with Crippen LogP contribution in [0.2, 0.25) is 0 Å². The zero-order valence-electron chi connectivity index (χ0n) is 14.6. The number of carboxylic acid groups (broad SMARTS) is 2. The van der Waals surface area contributed by atoms with Crippen molar-refractivity contribution in [2.24, 2.45) is 11.5 Å². The average Bonchev–Trinajstić information content (AvgIpc) is 2.53. The molecule has 8 nitrogen and oxygen atoms in total. The Morgan fingerprint density at radius 1 is 1.00 bits per heavy atom. The van der Waals surface area contributed by atoms with Gasteiger partial charge < -0.3 is 27.0 Å². The summed E-state index contributed by atoms with van der Waals surface area (Å²) in [6.45, 7) is 2.47. The molecule has 0 aromatic rings. The summed E-state index contributed by atoms with van der Waals surface area (Å²) < 4.78 is 0. The van der Waals surface area contributed by atoms with Crippen molar-refractivity contribution in [3.8, 4) is 0 Å². The lowest BCUT2D eigenvalue weighted by atomic mass is 10.1. The van der Waals surface area contributed by atoms with Gasteiger partial charge in [0.1, 0.15) is 12.6 Å². The Hall–Kier alpha value is -1.67. The average molecular weight is 347 g/mol. The second kappa shape index (κ2) is 17.7. The van der Waals surface area contributed by atoms with E-state index in [1.54, 1.807) is 0 Å². The van der Waals surface area contributed by atoms with Crippen LogP contribution in [0, 0.1) is 0 Å². The fourth-order valence-corrected chi connectivity index (χ4v) is 1.78. The molecule has 24 heavy (non-hydrogen) atoms. The summed E-state index contributed by atoms with van der Waals surface area (Å²) in [4.78, 5) is 31.2. The van der Waals surface area contributed by atoms with Gasteiger partial charge in [-0.1, -0.05) is 39.0 Å². The molecule has 0 heterocycles. The zero-order valence-corrected chi connectivity index (χ0v) is 14.6. The first-order valence-electron chi connectivity index (χ1n) is 8.52. The maximum Gasteiger partial charge on any atom is 0.322 e. The van der Waals surface area contributed by atoms with Gasteiger partial charge in [0.25, 0.3) is 0 Å². The first-order chi connectivity index (χ1) is 11.3. The standard InChI is InChI=1S/C10H19NO3.C6H14N2O2/c1-2-3-4-5-6-7-9(12)11-8-10(13)14;7-4-2-1-3-5(8)6(9)10/h2-8H2,1H3,(H,11,12)(H,13,14);5H,1-4,7-8H2,(H,9,10)/t;5-/m.0/s1. The molecule has 8 heteroatoms. The lowest BCUT2D eigenvalue weighted by Gasteiger charge is -2.03. The Morgan fingerprint density at radius 2 is 1.62 bits per heavy atom. The predicted octanol–water partition coefficient (Wildman–Crippen LogP) is 1.08. The van der Waals surface area contributed by atoms with Crippen LogP contribution in [-0.4, -0.2) is 47.2 Å². The first-order valence-corrected chi connectivity index (χ1v) is 8.52. The molecule has 0 spiro atoms. The molecule has 1 amide bonds. The van der Waals surface area contributed by atoms with E-state index < -0.39 is 18.0 Å². The van der Waals surface area contributed by atoms with Crippen molar-refractivity contribution in [2.45, 2.75) is 70.8 Å². The lowest BCUT2D eigenvalue weighted by molar-refractivity contribution is -0.139. The summed E-state index contributed by atoms with van der Waals surface area (Å²) in [5.74, 6) is -2.09. The summed E-state index contributed by atoms with van der Waals surface area (Å²) in [7, 11) is 0. The van der Waals surface area contributed by atoms with Gasteiger partial charge in [-0.25, -0.2) is 0 Å². The van der Waals surface area contributed by atoms with Gasteiger partial charge >= 0.3 is 11.9 Å². The molecule has 0 bridgehead atoms. The molecular weight excluding hydrogens is 314 g/mol. The number of hydrogen-bond acceptors (Lipinski definition) is 5. The second-order valence-corrected chi connectivity index (χ2v) is 5.56. The van der Waals surface area contributed by atoms with Gasteiger partial charge in [0.05, 0.1) is 0 Å². The highest BCUT2D eigenvalue weighted by atomic mass is 16.4. The summed E-state index contributed by atoms with van der Waals surface area (Å²) in [5, 5.41) is 18.9. The Bertz CT molecular complexity index is 351. The smallest absolute Gasteiger partial charge is 0.322 e. The van der Waals surface area contributed by atoms with E-state index in [-0.39, 0.29) is 12.5 Å². The number of carbonyl (C=O) groups excluding carboxylic acids is 1. The predicted molar refractivity (Wildman–Crippen MR) is 92.5 cm³/mol. The minimum Gasteiger partial charge on any atom is -0.480 e. The van der Waals surface area contributed by atoms with Gasteiger partial charge in [-0.2, -0.15) is 0 Å². The van der Waals surface area contributed by atoms with E-state index in [2.05, 4.69) is 12.2 Å². The van der Waals surface area contributed by atoms with Crippen LogP contribution in [0.25, 0.3) is 0 Å². The van der Waals surface area contributed by atoms with Crippen LogP contribution < -0.4 is 16.8 Å². The van der Waals surface area contributed by atoms with Crippen molar-refractivity contribution in [2.75, 3.05) is 13.1 Å². The van der Waals surface area contributed by atoms with Gasteiger partial charge in [-0.15, -0.1) is 0 Å². The van der Waals surface area contributed by atoms with Gasteiger partial charge in [0.15, 0.2) is 0 Å². The van der Waals surface area contributed by atoms with E-state index in [4.69, 9.17) is 21.7 Å². The van der Waals surface area contributed by atoms with Crippen molar-refractivity contribution >= 4 is 17.8 Å². The number of carbonyl (C=O) groups is 3. The van der Waals surface area contributed by atoms with Gasteiger partial charge in [-0.05, 0) is 25.8 Å². The Kier molecular flexibility index (Phi) is 18.1. The van der Waals surface area contributed by atoms with Crippen molar-refractivity contribution in [1.82, 2.24) is 5.32 Å². The van der Waals surface area contributed by atoms with Crippen LogP contribution in [-0.2, 0) is 14.4 Å². The van der Waals surface area contributed by atoms with Gasteiger partial charge in [0.2, 0.25) is 5.91 Å². The molecule has 0 aliphatic heterocycles. The summed E-state index contributed by atoms with van der Waals surface area (Å²) >= 11 is 0. The first kappa shape index (κ1) is 24.6. The highest BCUT2D eigenvalue weighted by molar-refractivity contribution is 5.80. The maximum absolute atomic E-state index is 11.0. The Morgan fingerprint density at radius 3 is 2.12 bits per heavy atom. The minimum atomic E-state index is -0.996. The number of nitrogens with one attached hydrogen (secondary N) is 1. The SMILES string of the molecule is CCCCCCCC(=O)NCC(=O)O.NCCCC[C@H](N)C(=O)O. The van der Waals surface area contributed by atoms with Crippen LogP contribution in [0.15, 0.2) is 0 Å². The number of aliphatic carboxylic acids is 2. The largest absolute Gasteiger partial charge is 0.480 e. The van der Waals surface area contributed by atoms with Crippen molar-refractivity contribution in [3.63, 3.8) is 0 Å². The van der Waals surface area contributed by atoms with Crippen LogP contribution in [0.3, 0.4) is 0 Å². The molecule has 0 aliphatic rings. The number of carboxylic acids is 2. The van der Waals surface area contributed by atoms with Crippen LogP contribution in [0.4, 0.5) is 0 Å². The Balaban J connectivity index is 0. The van der Waals surface area contributed by atoms with Crippen LogP contribution in [0.5, 0.6) is 0 Å². The number of hydrogen-bond donors (Lipinski definition) is 5.